The topological polar surface area (TPSA) is 0 Å². The molecule has 28 heavy (non-hydrogen) atoms. The largest absolute Gasteiger partial charge is 0.0654 e. The second-order valence-corrected chi connectivity index (χ2v) is 10.6. The highest BCUT2D eigenvalue weighted by Crippen LogP contribution is 2.45. The zero-order chi connectivity index (χ0) is 19.8. The van der Waals surface area contributed by atoms with E-state index in [0.29, 0.717) is 5.41 Å². The summed E-state index contributed by atoms with van der Waals surface area (Å²) in [6, 6.07) is 9.82. The lowest BCUT2D eigenvalue weighted by atomic mass is 9.68. The molecule has 3 rings (SSSR count). The number of benzene rings is 1. The summed E-state index contributed by atoms with van der Waals surface area (Å²) in [7, 11) is 0. The van der Waals surface area contributed by atoms with Gasteiger partial charge in [0.2, 0.25) is 0 Å². The van der Waals surface area contributed by atoms with Crippen molar-refractivity contribution in [3.63, 3.8) is 0 Å². The second kappa shape index (κ2) is 10.8. The first-order valence-corrected chi connectivity index (χ1v) is 12.7. The summed E-state index contributed by atoms with van der Waals surface area (Å²) in [6.45, 7) is 7.24. The van der Waals surface area contributed by atoms with Crippen LogP contribution in [0.5, 0.6) is 0 Å². The minimum atomic E-state index is 0.627. The second-order valence-electron chi connectivity index (χ2n) is 10.6. The van der Waals surface area contributed by atoms with Crippen molar-refractivity contribution >= 4 is 0 Å². The van der Waals surface area contributed by atoms with Gasteiger partial charge in [-0.1, -0.05) is 96.4 Å². The first-order chi connectivity index (χ1) is 13.6. The molecule has 0 spiro atoms. The van der Waals surface area contributed by atoms with E-state index >= 15 is 0 Å². The highest BCUT2D eigenvalue weighted by Gasteiger charge is 2.31. The van der Waals surface area contributed by atoms with Crippen molar-refractivity contribution in [3.8, 4) is 0 Å². The predicted octanol–water partition coefficient (Wildman–Crippen LogP) is 9.08. The molecular formula is C28H46. The zero-order valence-corrected chi connectivity index (χ0v) is 19.1. The molecule has 1 aromatic rings. The van der Waals surface area contributed by atoms with Gasteiger partial charge >= 0.3 is 0 Å². The van der Waals surface area contributed by atoms with Crippen LogP contribution in [-0.4, -0.2) is 0 Å². The van der Waals surface area contributed by atoms with Crippen molar-refractivity contribution in [1.82, 2.24) is 0 Å². The molecule has 0 nitrogen and oxygen atoms in total. The van der Waals surface area contributed by atoms with Crippen LogP contribution < -0.4 is 0 Å². The minimum Gasteiger partial charge on any atom is -0.0654 e. The van der Waals surface area contributed by atoms with E-state index < -0.39 is 0 Å². The Morgan fingerprint density at radius 3 is 2.07 bits per heavy atom. The molecule has 0 radical (unpaired) electrons. The summed E-state index contributed by atoms with van der Waals surface area (Å²) in [5.74, 6) is 2.84. The van der Waals surface area contributed by atoms with Gasteiger partial charge < -0.3 is 0 Å². The highest BCUT2D eigenvalue weighted by molar-refractivity contribution is 5.26. The smallest absolute Gasteiger partial charge is 0.0162 e. The Kier molecular flexibility index (Phi) is 8.49. The molecule has 0 atom stereocenters. The van der Waals surface area contributed by atoms with Crippen LogP contribution in [0.25, 0.3) is 0 Å². The minimum absolute atomic E-state index is 0.627. The van der Waals surface area contributed by atoms with Gasteiger partial charge in [-0.15, -0.1) is 0 Å². The SMILES string of the molecule is CCCCCC1(C)CCC(c2ccc(CCC3CCC(CC)CC3)cc2)CC1. The lowest BCUT2D eigenvalue weighted by Gasteiger charge is -2.38. The summed E-state index contributed by atoms with van der Waals surface area (Å²) < 4.78 is 0. The molecule has 0 aromatic heterocycles. The first-order valence-electron chi connectivity index (χ1n) is 12.7. The van der Waals surface area contributed by atoms with E-state index in [9.17, 15) is 0 Å². The Bertz CT molecular complexity index is 538. The van der Waals surface area contributed by atoms with E-state index in [1.54, 1.807) is 11.1 Å². The Morgan fingerprint density at radius 2 is 1.46 bits per heavy atom. The first kappa shape index (κ1) is 21.9. The monoisotopic (exact) mass is 382 g/mol. The van der Waals surface area contributed by atoms with Gasteiger partial charge in [0.15, 0.2) is 0 Å². The third kappa shape index (κ3) is 6.36. The van der Waals surface area contributed by atoms with Crippen molar-refractivity contribution < 1.29 is 0 Å². The van der Waals surface area contributed by atoms with Gasteiger partial charge in [-0.25, -0.2) is 0 Å². The zero-order valence-electron chi connectivity index (χ0n) is 19.1. The molecule has 0 heterocycles. The van der Waals surface area contributed by atoms with Crippen molar-refractivity contribution in [3.05, 3.63) is 35.4 Å². The van der Waals surface area contributed by atoms with Crippen molar-refractivity contribution in [2.45, 2.75) is 123 Å². The van der Waals surface area contributed by atoms with Crippen LogP contribution in [0, 0.1) is 17.3 Å². The van der Waals surface area contributed by atoms with E-state index in [2.05, 4.69) is 45.0 Å². The molecule has 2 aliphatic carbocycles. The standard InChI is InChI=1S/C28H46/c1-4-6-7-20-28(3)21-18-27(19-22-28)26-16-14-25(15-17-26)13-12-24-10-8-23(5-2)9-11-24/h14-17,23-24,27H,4-13,18-22H2,1-3H3. The van der Waals surface area contributed by atoms with Crippen molar-refractivity contribution in [2.24, 2.45) is 17.3 Å². The van der Waals surface area contributed by atoms with Gasteiger partial charge in [0.1, 0.15) is 0 Å². The summed E-state index contributed by atoms with van der Waals surface area (Å²) in [5.41, 5.74) is 3.81. The third-order valence-electron chi connectivity index (χ3n) is 8.41. The molecule has 2 aliphatic rings. The Labute approximate surface area is 175 Å². The molecule has 0 amide bonds. The number of hydrogen-bond donors (Lipinski definition) is 0. The highest BCUT2D eigenvalue weighted by atomic mass is 14.4. The number of aryl methyl sites for hydroxylation is 1. The summed E-state index contributed by atoms with van der Waals surface area (Å²) >= 11 is 0. The maximum Gasteiger partial charge on any atom is -0.0162 e. The van der Waals surface area contributed by atoms with Crippen LogP contribution in [0.4, 0.5) is 0 Å². The van der Waals surface area contributed by atoms with Crippen LogP contribution in [0.2, 0.25) is 0 Å². The Hall–Kier alpha value is -0.780. The molecule has 0 unspecified atom stereocenters. The van der Waals surface area contributed by atoms with Gasteiger partial charge in [0, 0.05) is 0 Å². The van der Waals surface area contributed by atoms with Crippen molar-refractivity contribution in [1.29, 1.82) is 0 Å². The number of rotatable bonds is 9. The van der Waals surface area contributed by atoms with E-state index in [0.717, 1.165) is 17.8 Å². The molecule has 0 aliphatic heterocycles. The fourth-order valence-electron chi connectivity index (χ4n) is 5.96. The van der Waals surface area contributed by atoms with E-state index in [1.165, 1.54) is 96.3 Å². The number of hydrogen-bond acceptors (Lipinski definition) is 0. The summed E-state index contributed by atoms with van der Waals surface area (Å²) in [4.78, 5) is 0. The van der Waals surface area contributed by atoms with Gasteiger partial charge in [0.25, 0.3) is 0 Å². The molecule has 158 valence electrons. The molecule has 0 saturated heterocycles. The molecule has 0 heteroatoms. The van der Waals surface area contributed by atoms with Crippen LogP contribution in [0.3, 0.4) is 0 Å². The summed E-state index contributed by atoms with van der Waals surface area (Å²) in [6.07, 6.45) is 21.4. The average Bonchev–Trinajstić information content (AvgIpc) is 2.74. The Morgan fingerprint density at radius 1 is 0.821 bits per heavy atom. The lowest BCUT2D eigenvalue weighted by molar-refractivity contribution is 0.178. The maximum atomic E-state index is 2.55. The predicted molar refractivity (Wildman–Crippen MR) is 124 cm³/mol. The quantitative estimate of drug-likeness (QED) is 0.373. The van der Waals surface area contributed by atoms with Gasteiger partial charge in [-0.3, -0.25) is 0 Å². The fraction of sp³-hybridized carbons (Fsp3) is 0.786. The van der Waals surface area contributed by atoms with E-state index in [1.807, 2.05) is 0 Å². The maximum absolute atomic E-state index is 2.55. The Balaban J connectivity index is 1.41. The van der Waals surface area contributed by atoms with Crippen molar-refractivity contribution in [2.75, 3.05) is 0 Å². The third-order valence-corrected chi connectivity index (χ3v) is 8.41. The van der Waals surface area contributed by atoms with Gasteiger partial charge in [-0.2, -0.15) is 0 Å². The van der Waals surface area contributed by atoms with E-state index in [-0.39, 0.29) is 0 Å². The van der Waals surface area contributed by atoms with Crippen LogP contribution in [-0.2, 0) is 6.42 Å². The molecule has 1 aromatic carbocycles. The van der Waals surface area contributed by atoms with Gasteiger partial charge in [-0.05, 0) is 79.2 Å². The van der Waals surface area contributed by atoms with E-state index in [4.69, 9.17) is 0 Å². The molecule has 2 saturated carbocycles. The van der Waals surface area contributed by atoms with Crippen LogP contribution in [0.1, 0.15) is 128 Å². The summed E-state index contributed by atoms with van der Waals surface area (Å²) in [5, 5.41) is 0. The number of unbranched alkanes of at least 4 members (excludes halogenated alkanes) is 2. The molecule has 2 fully saturated rings. The molecular weight excluding hydrogens is 336 g/mol. The fourth-order valence-corrected chi connectivity index (χ4v) is 5.96. The van der Waals surface area contributed by atoms with Gasteiger partial charge in [0.05, 0.1) is 0 Å². The molecule has 0 bridgehead atoms. The average molecular weight is 383 g/mol. The molecule has 0 N–H and O–H groups in total. The van der Waals surface area contributed by atoms with Crippen LogP contribution >= 0.6 is 0 Å². The lowest BCUT2D eigenvalue weighted by Crippen LogP contribution is -2.23. The normalized spacial score (nSPS) is 31.0. The van der Waals surface area contributed by atoms with Crippen LogP contribution in [0.15, 0.2) is 24.3 Å².